The highest BCUT2D eigenvalue weighted by atomic mass is 35.5. The Bertz CT molecular complexity index is 476. The van der Waals surface area contributed by atoms with Crippen LogP contribution in [0.1, 0.15) is 20.3 Å². The van der Waals surface area contributed by atoms with E-state index >= 15 is 0 Å². The predicted octanol–water partition coefficient (Wildman–Crippen LogP) is 3.09. The van der Waals surface area contributed by atoms with E-state index in [0.717, 1.165) is 6.42 Å². The molecule has 19 heavy (non-hydrogen) atoms. The minimum absolute atomic E-state index is 0.318. The molecule has 2 amide bonds. The van der Waals surface area contributed by atoms with Gasteiger partial charge in [-0.2, -0.15) is 0 Å². The summed E-state index contributed by atoms with van der Waals surface area (Å²) in [5.41, 5.74) is 0.318. The minimum atomic E-state index is -0.757. The van der Waals surface area contributed by atoms with Crippen LogP contribution in [0.3, 0.4) is 0 Å². The first-order chi connectivity index (χ1) is 8.90. The number of halogens is 2. The van der Waals surface area contributed by atoms with Gasteiger partial charge in [-0.15, -0.1) is 0 Å². The number of hydrogen-bond acceptors (Lipinski definition) is 2. The van der Waals surface area contributed by atoms with Gasteiger partial charge in [0.15, 0.2) is 0 Å². The smallest absolute Gasteiger partial charge is 0.313 e. The zero-order valence-corrected chi connectivity index (χ0v) is 12.3. The summed E-state index contributed by atoms with van der Waals surface area (Å²) in [5, 5.41) is 5.72. The van der Waals surface area contributed by atoms with Gasteiger partial charge < -0.3 is 10.6 Å². The number of hydrogen-bond donors (Lipinski definition) is 2. The minimum Gasteiger partial charge on any atom is -0.348 e. The summed E-state index contributed by atoms with van der Waals surface area (Å²) in [5.74, 6) is -0.977. The summed E-state index contributed by atoms with van der Waals surface area (Å²) < 4.78 is 0. The quantitative estimate of drug-likeness (QED) is 0.840. The van der Waals surface area contributed by atoms with Crippen LogP contribution in [0.15, 0.2) is 18.2 Å². The van der Waals surface area contributed by atoms with Crippen LogP contribution in [0, 0.1) is 5.92 Å². The molecule has 1 aromatic rings. The van der Waals surface area contributed by atoms with Gasteiger partial charge in [-0.1, -0.05) is 37.0 Å². The van der Waals surface area contributed by atoms with Crippen LogP contribution in [-0.2, 0) is 9.59 Å². The van der Waals surface area contributed by atoms with Crippen molar-refractivity contribution < 1.29 is 9.59 Å². The zero-order chi connectivity index (χ0) is 14.4. The number of amides is 2. The average Bonchev–Trinajstić information content (AvgIpc) is 2.33. The molecule has 0 unspecified atom stereocenters. The third kappa shape index (κ3) is 5.49. The van der Waals surface area contributed by atoms with Crippen LogP contribution in [0.2, 0.25) is 10.0 Å². The number of benzene rings is 1. The van der Waals surface area contributed by atoms with E-state index in [-0.39, 0.29) is 0 Å². The molecule has 0 heterocycles. The lowest BCUT2D eigenvalue weighted by Crippen LogP contribution is -2.36. The van der Waals surface area contributed by atoms with Crippen LogP contribution in [0.5, 0.6) is 0 Å². The maximum atomic E-state index is 11.6. The van der Waals surface area contributed by atoms with Crippen molar-refractivity contribution in [3.63, 3.8) is 0 Å². The molecule has 0 atom stereocenters. The summed E-state index contributed by atoms with van der Waals surface area (Å²) in [6.45, 7) is 4.54. The van der Waals surface area contributed by atoms with Crippen LogP contribution in [0.25, 0.3) is 0 Å². The second-order valence-electron chi connectivity index (χ2n) is 4.52. The van der Waals surface area contributed by atoms with E-state index < -0.39 is 11.8 Å². The Kier molecular flexibility index (Phi) is 6.12. The Morgan fingerprint density at radius 1 is 1.21 bits per heavy atom. The molecule has 104 valence electrons. The molecule has 0 saturated carbocycles. The summed E-state index contributed by atoms with van der Waals surface area (Å²) >= 11 is 11.7. The van der Waals surface area contributed by atoms with Gasteiger partial charge in [0.2, 0.25) is 0 Å². The van der Waals surface area contributed by atoms with Gasteiger partial charge in [-0.05, 0) is 30.5 Å². The molecule has 2 N–H and O–H groups in total. The maximum absolute atomic E-state index is 11.6. The fourth-order valence-electron chi connectivity index (χ4n) is 1.33. The Morgan fingerprint density at radius 3 is 2.53 bits per heavy atom. The van der Waals surface area contributed by atoms with Crippen molar-refractivity contribution in [2.24, 2.45) is 5.92 Å². The summed E-state index contributed by atoms with van der Waals surface area (Å²) in [7, 11) is 0. The van der Waals surface area contributed by atoms with Crippen molar-refractivity contribution >= 4 is 40.7 Å². The van der Waals surface area contributed by atoms with Crippen LogP contribution < -0.4 is 10.6 Å². The van der Waals surface area contributed by atoms with Crippen LogP contribution >= 0.6 is 23.2 Å². The number of carbonyl (C=O) groups is 2. The molecule has 0 aliphatic carbocycles. The summed E-state index contributed by atoms with van der Waals surface area (Å²) in [6.07, 6.45) is 0.816. The number of nitrogens with one attached hydrogen (secondary N) is 2. The summed E-state index contributed by atoms with van der Waals surface area (Å²) in [4.78, 5) is 23.2. The van der Waals surface area contributed by atoms with Crippen molar-refractivity contribution in [2.45, 2.75) is 20.3 Å². The van der Waals surface area contributed by atoms with E-state index in [1.54, 1.807) is 12.1 Å². The monoisotopic (exact) mass is 302 g/mol. The van der Waals surface area contributed by atoms with Crippen LogP contribution in [0.4, 0.5) is 5.69 Å². The Balaban J connectivity index is 2.54. The maximum Gasteiger partial charge on any atom is 0.313 e. The molecular weight excluding hydrogens is 287 g/mol. The van der Waals surface area contributed by atoms with Crippen LogP contribution in [-0.4, -0.2) is 18.4 Å². The molecule has 0 saturated heterocycles. The molecule has 1 aromatic carbocycles. The van der Waals surface area contributed by atoms with E-state index in [1.165, 1.54) is 6.07 Å². The SMILES string of the molecule is CC(C)CCNC(=O)C(=O)Nc1cc(Cl)ccc1Cl. The van der Waals surface area contributed by atoms with Crippen molar-refractivity contribution in [2.75, 3.05) is 11.9 Å². The lowest BCUT2D eigenvalue weighted by molar-refractivity contribution is -0.136. The lowest BCUT2D eigenvalue weighted by Gasteiger charge is -2.09. The second kappa shape index (κ2) is 7.36. The number of rotatable bonds is 4. The first kappa shape index (κ1) is 15.8. The molecule has 0 bridgehead atoms. The molecule has 4 nitrogen and oxygen atoms in total. The van der Waals surface area contributed by atoms with E-state index in [4.69, 9.17) is 23.2 Å². The fraction of sp³-hybridized carbons (Fsp3) is 0.385. The van der Waals surface area contributed by atoms with E-state index in [9.17, 15) is 9.59 Å². The molecule has 0 spiro atoms. The van der Waals surface area contributed by atoms with Gasteiger partial charge in [0, 0.05) is 11.6 Å². The fourth-order valence-corrected chi connectivity index (χ4v) is 1.66. The normalized spacial score (nSPS) is 10.4. The van der Waals surface area contributed by atoms with Gasteiger partial charge in [-0.3, -0.25) is 9.59 Å². The first-order valence-electron chi connectivity index (χ1n) is 5.94. The highest BCUT2D eigenvalue weighted by Gasteiger charge is 2.14. The van der Waals surface area contributed by atoms with Gasteiger partial charge in [0.05, 0.1) is 10.7 Å². The van der Waals surface area contributed by atoms with Gasteiger partial charge in [0.1, 0.15) is 0 Å². The van der Waals surface area contributed by atoms with E-state index in [2.05, 4.69) is 10.6 Å². The Hall–Kier alpha value is -1.26. The van der Waals surface area contributed by atoms with Crippen molar-refractivity contribution in [3.8, 4) is 0 Å². The highest BCUT2D eigenvalue weighted by Crippen LogP contribution is 2.25. The van der Waals surface area contributed by atoms with Gasteiger partial charge in [0.25, 0.3) is 0 Å². The molecule has 1 rings (SSSR count). The largest absolute Gasteiger partial charge is 0.348 e. The number of carbonyl (C=O) groups excluding carboxylic acids is 2. The van der Waals surface area contributed by atoms with Crippen molar-refractivity contribution in [3.05, 3.63) is 28.2 Å². The molecule has 0 aliphatic heterocycles. The zero-order valence-electron chi connectivity index (χ0n) is 10.8. The molecule has 6 heteroatoms. The number of anilines is 1. The molecule has 0 aliphatic rings. The standard InChI is InChI=1S/C13H16Cl2N2O2/c1-8(2)5-6-16-12(18)13(19)17-11-7-9(14)3-4-10(11)15/h3-4,7-8H,5-6H2,1-2H3,(H,16,18)(H,17,19). The lowest BCUT2D eigenvalue weighted by atomic mass is 10.1. The average molecular weight is 303 g/mol. The van der Waals surface area contributed by atoms with Crippen molar-refractivity contribution in [1.82, 2.24) is 5.32 Å². The third-order valence-corrected chi connectivity index (χ3v) is 2.95. The molecule has 0 fully saturated rings. The summed E-state index contributed by atoms with van der Waals surface area (Å²) in [6, 6.07) is 4.64. The molecular formula is C13H16Cl2N2O2. The highest BCUT2D eigenvalue weighted by molar-refractivity contribution is 6.42. The second-order valence-corrected chi connectivity index (χ2v) is 5.36. The molecule has 0 radical (unpaired) electrons. The van der Waals surface area contributed by atoms with E-state index in [1.807, 2.05) is 13.8 Å². The topological polar surface area (TPSA) is 58.2 Å². The first-order valence-corrected chi connectivity index (χ1v) is 6.70. The third-order valence-electron chi connectivity index (χ3n) is 2.39. The molecule has 0 aromatic heterocycles. The van der Waals surface area contributed by atoms with Gasteiger partial charge >= 0.3 is 11.8 Å². The predicted molar refractivity (Wildman–Crippen MR) is 77.6 cm³/mol. The Labute approximate surface area is 122 Å². The van der Waals surface area contributed by atoms with E-state index in [0.29, 0.717) is 28.2 Å². The van der Waals surface area contributed by atoms with Gasteiger partial charge in [-0.25, -0.2) is 0 Å². The van der Waals surface area contributed by atoms with Crippen molar-refractivity contribution in [1.29, 1.82) is 0 Å². The Morgan fingerprint density at radius 2 is 1.89 bits per heavy atom.